The van der Waals surface area contributed by atoms with Crippen LogP contribution < -0.4 is 0 Å². The van der Waals surface area contributed by atoms with Gasteiger partial charge in [-0.3, -0.25) is 0 Å². The van der Waals surface area contributed by atoms with Crippen LogP contribution in [0.5, 0.6) is 0 Å². The maximum absolute atomic E-state index is 2.55. The zero-order chi connectivity index (χ0) is 11.4. The predicted octanol–water partition coefficient (Wildman–Crippen LogP) is 2.72. The monoisotopic (exact) mass is 372 g/mol. The van der Waals surface area contributed by atoms with Gasteiger partial charge in [-0.15, -0.1) is 0 Å². The third kappa shape index (κ3) is 3.25. The molecule has 0 spiro atoms. The Balaban J connectivity index is 2.74. The van der Waals surface area contributed by atoms with Crippen LogP contribution in [0.15, 0.2) is 0 Å². The number of rotatable bonds is 4. The second-order valence-corrected chi connectivity index (χ2v) is 6.13. The third-order valence-electron chi connectivity index (χ3n) is 3.31. The van der Waals surface area contributed by atoms with E-state index in [0.29, 0.717) is 12.1 Å². The van der Waals surface area contributed by atoms with Crippen LogP contribution in [0, 0.1) is 0 Å². The first kappa shape index (κ1) is 14.1. The summed E-state index contributed by atoms with van der Waals surface area (Å²) in [6.45, 7) is 11.6. The van der Waals surface area contributed by atoms with Crippen LogP contribution in [-0.2, 0) is 11.3 Å². The molecule has 1 fully saturated rings. The Hall–Kier alpha value is 1.04. The van der Waals surface area contributed by atoms with Gasteiger partial charge in [-0.2, -0.15) is 0 Å². The molecular weight excluding hydrogens is 351 g/mol. The van der Waals surface area contributed by atoms with Crippen LogP contribution in [0.2, 0.25) is 0 Å². The van der Waals surface area contributed by atoms with E-state index in [4.69, 9.17) is 0 Å². The van der Waals surface area contributed by atoms with Crippen LogP contribution in [-0.4, -0.2) is 39.6 Å². The van der Waals surface area contributed by atoms with Gasteiger partial charge in [0, 0.05) is 0 Å². The second kappa shape index (κ2) is 6.70. The zero-order valence-electron chi connectivity index (χ0n) is 10.1. The normalized spacial score (nSPS) is 23.7. The van der Waals surface area contributed by atoms with Gasteiger partial charge in [-0.25, -0.2) is 0 Å². The van der Waals surface area contributed by atoms with Crippen molar-refractivity contribution in [2.45, 2.75) is 52.6 Å². The molecule has 0 radical (unpaired) electrons. The van der Waals surface area contributed by atoms with Crippen molar-refractivity contribution in [3.63, 3.8) is 0 Å². The molecule has 1 aliphatic heterocycles. The Morgan fingerprint density at radius 2 is 1.53 bits per heavy atom. The molecule has 1 heterocycles. The first-order chi connectivity index (χ1) is 7.15. The summed E-state index contributed by atoms with van der Waals surface area (Å²) in [4.78, 5) is 5.11. The summed E-state index contributed by atoms with van der Waals surface area (Å²) < 4.78 is 1.46. The van der Waals surface area contributed by atoms with E-state index in [2.05, 4.69) is 57.8 Å². The van der Waals surface area contributed by atoms with Gasteiger partial charge >= 0.3 is 112 Å². The Labute approximate surface area is 111 Å². The van der Waals surface area contributed by atoms with Gasteiger partial charge in [0.25, 0.3) is 0 Å². The first-order valence-electron chi connectivity index (χ1n) is 5.75. The molecule has 0 aromatic heterocycles. The average molecular weight is 373 g/mol. The van der Waals surface area contributed by atoms with Crippen LogP contribution >= 0.6 is 20.3 Å². The van der Waals surface area contributed by atoms with Crippen molar-refractivity contribution in [1.82, 2.24) is 9.80 Å². The molecule has 2 atom stereocenters. The molecule has 0 saturated carbocycles. The van der Waals surface area contributed by atoms with Gasteiger partial charge in [0.05, 0.1) is 0 Å². The molecule has 94 valence electrons. The summed E-state index contributed by atoms with van der Waals surface area (Å²) in [5.41, 5.74) is 0. The van der Waals surface area contributed by atoms with Crippen molar-refractivity contribution < 1.29 is 11.3 Å². The molecule has 0 aliphatic carbocycles. The second-order valence-electron chi connectivity index (χ2n) is 4.19. The molecule has 0 N–H and O–H groups in total. The van der Waals surface area contributed by atoms with E-state index in [9.17, 15) is 0 Å². The molecule has 15 heavy (non-hydrogen) atoms. The third-order valence-corrected chi connectivity index (χ3v) is 5.21. The van der Waals surface area contributed by atoms with Crippen LogP contribution in [0.1, 0.15) is 40.5 Å². The number of halogens is 1. The molecule has 0 amide bonds. The molecule has 1 rings (SSSR count). The minimum absolute atomic E-state index is 0.675. The fourth-order valence-corrected chi connectivity index (χ4v) is 4.20. The van der Waals surface area contributed by atoms with Gasteiger partial charge in [-0.1, -0.05) is 0 Å². The SMILES string of the molecule is CCC(C)N1CCN(C(C)CC)[C]1=[Cu][I]. The number of hydrogen-bond acceptors (Lipinski definition) is 2. The molecule has 1 aliphatic rings. The minimum atomic E-state index is 0.675. The first-order valence-corrected chi connectivity index (χ1v) is 9.26. The summed E-state index contributed by atoms with van der Waals surface area (Å²) in [7, 11) is 0. The van der Waals surface area contributed by atoms with Crippen LogP contribution in [0.3, 0.4) is 0 Å². The van der Waals surface area contributed by atoms with E-state index in [-0.39, 0.29) is 0 Å². The van der Waals surface area contributed by atoms with E-state index < -0.39 is 0 Å². The van der Waals surface area contributed by atoms with Crippen molar-refractivity contribution in [3.8, 4) is 0 Å². The summed E-state index contributed by atoms with van der Waals surface area (Å²) in [5.74, 6) is 0. The topological polar surface area (TPSA) is 6.48 Å². The van der Waals surface area contributed by atoms with E-state index in [0.717, 1.165) is 0 Å². The maximum atomic E-state index is 2.55. The average Bonchev–Trinajstić information content (AvgIpc) is 2.70. The Kier molecular flexibility index (Phi) is 6.30. The van der Waals surface area contributed by atoms with E-state index in [1.54, 1.807) is 0 Å². The number of hydrogen-bond donors (Lipinski definition) is 0. The molecule has 0 aromatic carbocycles. The Bertz CT molecular complexity index is 213. The van der Waals surface area contributed by atoms with E-state index in [1.807, 2.05) is 11.3 Å². The predicted molar refractivity (Wildman–Crippen MR) is 71.9 cm³/mol. The Morgan fingerprint density at radius 1 is 1.13 bits per heavy atom. The van der Waals surface area contributed by atoms with Crippen LogP contribution in [0.4, 0.5) is 0 Å². The van der Waals surface area contributed by atoms with E-state index >= 15 is 0 Å². The van der Waals surface area contributed by atoms with Gasteiger partial charge in [0.15, 0.2) is 0 Å². The van der Waals surface area contributed by atoms with Crippen molar-refractivity contribution in [3.05, 3.63) is 0 Å². The molecular formula is C11H22CuIN2. The molecule has 2 unspecified atom stereocenters. The summed E-state index contributed by atoms with van der Waals surface area (Å²) in [6, 6.07) is 1.35. The van der Waals surface area contributed by atoms with Gasteiger partial charge < -0.3 is 0 Å². The molecule has 4 heteroatoms. The van der Waals surface area contributed by atoms with Gasteiger partial charge in [-0.05, 0) is 0 Å². The standard InChI is InChI=1S/C11H22N2.Cu.HI/c1-5-10(3)12-7-8-13(9-12)11(4)6-2;;/h10-11H,5-8H2,1-4H3;;1H/q;+1;/p-1. The van der Waals surface area contributed by atoms with Crippen molar-refractivity contribution in [1.29, 1.82) is 0 Å². The molecule has 2 nitrogen and oxygen atoms in total. The van der Waals surface area contributed by atoms with Crippen molar-refractivity contribution >= 4 is 25.0 Å². The summed E-state index contributed by atoms with van der Waals surface area (Å²) in [5, 5.41) is 0. The van der Waals surface area contributed by atoms with Gasteiger partial charge in [0.2, 0.25) is 0 Å². The molecule has 0 bridgehead atoms. The van der Waals surface area contributed by atoms with Gasteiger partial charge in [0.1, 0.15) is 0 Å². The van der Waals surface area contributed by atoms with Crippen molar-refractivity contribution in [2.75, 3.05) is 13.1 Å². The Morgan fingerprint density at radius 3 is 1.80 bits per heavy atom. The van der Waals surface area contributed by atoms with Crippen molar-refractivity contribution in [2.24, 2.45) is 0 Å². The number of nitrogens with zero attached hydrogens (tertiary/aromatic N) is 2. The fourth-order valence-electron chi connectivity index (χ4n) is 1.82. The van der Waals surface area contributed by atoms with E-state index in [1.165, 1.54) is 30.6 Å². The fraction of sp³-hybridized carbons (Fsp3) is 0.909. The van der Waals surface area contributed by atoms with Crippen LogP contribution in [0.25, 0.3) is 0 Å². The quantitative estimate of drug-likeness (QED) is 0.553. The molecule has 1 saturated heterocycles. The molecule has 0 aromatic rings. The summed E-state index contributed by atoms with van der Waals surface area (Å²) >= 11 is 4.37. The zero-order valence-corrected chi connectivity index (χ0v) is 13.2. The summed E-state index contributed by atoms with van der Waals surface area (Å²) in [6.07, 6.45) is 2.46.